The maximum atomic E-state index is 2.43. The van der Waals surface area contributed by atoms with Crippen LogP contribution in [0.4, 0.5) is 0 Å². The SMILES string of the molecule is CC1(C)c2cc(-c3ccc(C=C(c4ccccc4)c4ccc5c(c4)c4ccccc4n5-c4ccccc4)cc3)ccc2-c2ccc(-c3ccc(C=C(c4ccccc4)c4ccc5c(c4)c4ccccc4n5-c4ccccc4)cc3)cc21. The molecule has 0 N–H and O–H groups in total. The molecule has 1 aliphatic carbocycles. The monoisotopic (exact) mass is 1030 g/mol. The van der Waals surface area contributed by atoms with Crippen LogP contribution < -0.4 is 0 Å². The fraction of sp³-hybridized carbons (Fsp3) is 0.0380. The van der Waals surface area contributed by atoms with E-state index < -0.39 is 0 Å². The Balaban J connectivity index is 0.715. The molecule has 2 aromatic heterocycles. The molecular formula is C79H56N2. The summed E-state index contributed by atoms with van der Waals surface area (Å²) in [7, 11) is 0. The molecule has 0 atom stereocenters. The highest BCUT2D eigenvalue weighted by atomic mass is 15.0. The summed E-state index contributed by atoms with van der Waals surface area (Å²) in [6, 6.07) is 107. The van der Waals surface area contributed by atoms with Gasteiger partial charge in [0.2, 0.25) is 0 Å². The topological polar surface area (TPSA) is 9.86 Å². The minimum atomic E-state index is -0.180. The third kappa shape index (κ3) is 8.35. The second-order valence-corrected chi connectivity index (χ2v) is 22.1. The predicted molar refractivity (Wildman–Crippen MR) is 343 cm³/mol. The van der Waals surface area contributed by atoms with Crippen LogP contribution in [0.5, 0.6) is 0 Å². The van der Waals surface area contributed by atoms with Crippen molar-refractivity contribution in [1.82, 2.24) is 9.13 Å². The minimum absolute atomic E-state index is 0.180. The van der Waals surface area contributed by atoms with Crippen LogP contribution in [0.1, 0.15) is 58.4 Å². The van der Waals surface area contributed by atoms with Gasteiger partial charge in [-0.1, -0.05) is 232 Å². The van der Waals surface area contributed by atoms with Crippen molar-refractivity contribution in [1.29, 1.82) is 0 Å². The molecule has 14 aromatic rings. The zero-order valence-corrected chi connectivity index (χ0v) is 45.3. The van der Waals surface area contributed by atoms with Gasteiger partial charge >= 0.3 is 0 Å². The molecule has 15 rings (SSSR count). The van der Waals surface area contributed by atoms with E-state index in [-0.39, 0.29) is 5.41 Å². The first-order chi connectivity index (χ1) is 39.9. The number of aromatic nitrogens is 2. The van der Waals surface area contributed by atoms with Gasteiger partial charge in [-0.15, -0.1) is 0 Å². The first-order valence-corrected chi connectivity index (χ1v) is 28.1. The molecule has 0 saturated carbocycles. The quantitative estimate of drug-likeness (QED) is 0.121. The highest BCUT2D eigenvalue weighted by molar-refractivity contribution is 6.12. The van der Waals surface area contributed by atoms with E-state index in [9.17, 15) is 0 Å². The molecule has 0 spiro atoms. The van der Waals surface area contributed by atoms with Gasteiger partial charge < -0.3 is 9.13 Å². The van der Waals surface area contributed by atoms with Gasteiger partial charge in [-0.05, 0) is 174 Å². The normalized spacial score (nSPS) is 13.1. The summed E-state index contributed by atoms with van der Waals surface area (Å²) in [5, 5.41) is 4.98. The molecule has 0 radical (unpaired) electrons. The first-order valence-electron chi connectivity index (χ1n) is 28.1. The minimum Gasteiger partial charge on any atom is -0.309 e. The van der Waals surface area contributed by atoms with Crippen molar-refractivity contribution in [2.75, 3.05) is 0 Å². The Kier molecular flexibility index (Phi) is 11.6. The molecule has 0 fully saturated rings. The number of fused-ring (bicyclic) bond motifs is 9. The zero-order chi connectivity index (χ0) is 54.0. The zero-order valence-electron chi connectivity index (χ0n) is 45.3. The lowest BCUT2D eigenvalue weighted by Crippen LogP contribution is -2.15. The number of para-hydroxylation sites is 4. The first kappa shape index (κ1) is 47.9. The van der Waals surface area contributed by atoms with Crippen LogP contribution in [0.2, 0.25) is 0 Å². The number of hydrogen-bond donors (Lipinski definition) is 0. The Bertz CT molecular complexity index is 4460. The van der Waals surface area contributed by atoms with Crippen molar-refractivity contribution in [3.8, 4) is 44.8 Å². The predicted octanol–water partition coefficient (Wildman–Crippen LogP) is 20.7. The van der Waals surface area contributed by atoms with Crippen LogP contribution >= 0.6 is 0 Å². The van der Waals surface area contributed by atoms with Crippen LogP contribution in [0.15, 0.2) is 291 Å². The van der Waals surface area contributed by atoms with E-state index in [1.807, 2.05) is 0 Å². The van der Waals surface area contributed by atoms with Gasteiger partial charge in [0.05, 0.1) is 22.1 Å². The third-order valence-electron chi connectivity index (χ3n) is 17.0. The molecule has 0 amide bonds. The Labute approximate surface area is 473 Å². The van der Waals surface area contributed by atoms with Gasteiger partial charge in [-0.2, -0.15) is 0 Å². The second-order valence-electron chi connectivity index (χ2n) is 22.1. The third-order valence-corrected chi connectivity index (χ3v) is 17.0. The Hall–Kier alpha value is -10.3. The van der Waals surface area contributed by atoms with Gasteiger partial charge in [-0.3, -0.25) is 0 Å². The van der Waals surface area contributed by atoms with Crippen molar-refractivity contribution in [2.24, 2.45) is 0 Å². The summed E-state index contributed by atoms with van der Waals surface area (Å²) in [4.78, 5) is 0. The Morgan fingerprint density at radius 1 is 0.284 bits per heavy atom. The van der Waals surface area contributed by atoms with Gasteiger partial charge in [-0.25, -0.2) is 0 Å². The molecule has 1 aliphatic rings. The van der Waals surface area contributed by atoms with E-state index in [0.29, 0.717) is 0 Å². The molecule has 2 heteroatoms. The van der Waals surface area contributed by atoms with E-state index in [0.717, 1.165) is 22.5 Å². The van der Waals surface area contributed by atoms with Gasteiger partial charge in [0.25, 0.3) is 0 Å². The molecule has 12 aromatic carbocycles. The van der Waals surface area contributed by atoms with E-state index in [1.165, 1.54) is 122 Å². The van der Waals surface area contributed by atoms with E-state index in [2.05, 4.69) is 326 Å². The highest BCUT2D eigenvalue weighted by Gasteiger charge is 2.36. The molecule has 0 bridgehead atoms. The molecular weight excluding hydrogens is 977 g/mol. The molecule has 2 heterocycles. The van der Waals surface area contributed by atoms with E-state index >= 15 is 0 Å². The lowest BCUT2D eigenvalue weighted by atomic mass is 9.81. The maximum Gasteiger partial charge on any atom is 0.0541 e. The standard InChI is InChI=1S/C79H56N2/c1-79(2)73-51-59(55-35-31-53(32-36-55)47-69(57-19-7-3-8-20-57)61-41-45-77-71(49-61)67-27-15-17-29-75(67)80(77)63-23-11-5-12-24-63)39-43-65(73)66-44-40-60(52-74(66)79)56-37-33-54(34-38-56)48-70(58-21-9-4-10-22-58)62-42-46-78-72(50-62)68-28-16-18-30-76(68)81(78)64-25-13-6-14-26-64/h3-52H,1-2H3. The smallest absolute Gasteiger partial charge is 0.0541 e. The molecule has 0 saturated heterocycles. The average Bonchev–Trinajstić information content (AvgIpc) is 3.46. The van der Waals surface area contributed by atoms with Crippen LogP contribution in [0.25, 0.3) is 112 Å². The molecule has 382 valence electrons. The van der Waals surface area contributed by atoms with E-state index in [4.69, 9.17) is 0 Å². The summed E-state index contributed by atoms with van der Waals surface area (Å²) in [5.41, 5.74) is 26.7. The average molecular weight is 1030 g/mol. The van der Waals surface area contributed by atoms with Crippen molar-refractivity contribution >= 4 is 66.9 Å². The van der Waals surface area contributed by atoms with Gasteiger partial charge in [0.1, 0.15) is 0 Å². The maximum absolute atomic E-state index is 2.43. The van der Waals surface area contributed by atoms with Crippen molar-refractivity contribution in [3.63, 3.8) is 0 Å². The number of benzene rings is 12. The lowest BCUT2D eigenvalue weighted by molar-refractivity contribution is 0.661. The molecule has 0 aliphatic heterocycles. The number of hydrogen-bond acceptors (Lipinski definition) is 0. The second kappa shape index (κ2) is 19.6. The van der Waals surface area contributed by atoms with Gasteiger partial charge in [0, 0.05) is 38.3 Å². The van der Waals surface area contributed by atoms with Crippen LogP contribution in [-0.4, -0.2) is 9.13 Å². The summed E-state index contributed by atoms with van der Waals surface area (Å²) < 4.78 is 4.76. The fourth-order valence-corrected chi connectivity index (χ4v) is 12.9. The number of rotatable bonds is 10. The summed E-state index contributed by atoms with van der Waals surface area (Å²) in [5.74, 6) is 0. The van der Waals surface area contributed by atoms with Crippen LogP contribution in [0.3, 0.4) is 0 Å². The molecule has 2 nitrogen and oxygen atoms in total. The fourth-order valence-electron chi connectivity index (χ4n) is 12.9. The summed E-state index contributed by atoms with van der Waals surface area (Å²) >= 11 is 0. The van der Waals surface area contributed by atoms with Crippen molar-refractivity contribution < 1.29 is 0 Å². The Morgan fingerprint density at radius 2 is 0.630 bits per heavy atom. The lowest BCUT2D eigenvalue weighted by Gasteiger charge is -2.22. The van der Waals surface area contributed by atoms with Crippen LogP contribution in [-0.2, 0) is 5.41 Å². The number of nitrogens with zero attached hydrogens (tertiary/aromatic N) is 2. The van der Waals surface area contributed by atoms with Crippen LogP contribution in [0, 0.1) is 0 Å². The molecule has 81 heavy (non-hydrogen) atoms. The van der Waals surface area contributed by atoms with Crippen molar-refractivity contribution in [3.05, 3.63) is 336 Å². The van der Waals surface area contributed by atoms with Gasteiger partial charge in [0.15, 0.2) is 0 Å². The summed E-state index contributed by atoms with van der Waals surface area (Å²) in [6.07, 6.45) is 4.69. The molecule has 0 unspecified atom stereocenters. The largest absolute Gasteiger partial charge is 0.309 e. The van der Waals surface area contributed by atoms with E-state index in [1.54, 1.807) is 0 Å². The highest BCUT2D eigenvalue weighted by Crippen LogP contribution is 2.51. The Morgan fingerprint density at radius 3 is 1.04 bits per heavy atom. The summed E-state index contributed by atoms with van der Waals surface area (Å²) in [6.45, 7) is 4.77. The van der Waals surface area contributed by atoms with Crippen molar-refractivity contribution in [2.45, 2.75) is 19.3 Å².